The van der Waals surface area contributed by atoms with Crippen LogP contribution in [-0.2, 0) is 14.3 Å². The highest BCUT2D eigenvalue weighted by molar-refractivity contribution is 5.80. The minimum absolute atomic E-state index is 0.0437. The Morgan fingerprint density at radius 1 is 1.43 bits per heavy atom. The predicted octanol–water partition coefficient (Wildman–Crippen LogP) is 0.146. The number of amides is 1. The monoisotopic (exact) mass is 201 g/mol. The second-order valence-electron chi connectivity index (χ2n) is 3.33. The lowest BCUT2D eigenvalue weighted by molar-refractivity contribution is -0.138. The SMILES string of the molecule is O=C(O)CCC(=O)NC[C@H]1CCCO1. The summed E-state index contributed by atoms with van der Waals surface area (Å²) >= 11 is 0. The van der Waals surface area contributed by atoms with E-state index in [4.69, 9.17) is 9.84 Å². The van der Waals surface area contributed by atoms with Gasteiger partial charge in [0.05, 0.1) is 12.5 Å². The average molecular weight is 201 g/mol. The van der Waals surface area contributed by atoms with E-state index >= 15 is 0 Å². The van der Waals surface area contributed by atoms with Crippen LogP contribution >= 0.6 is 0 Å². The van der Waals surface area contributed by atoms with E-state index in [1.54, 1.807) is 0 Å². The van der Waals surface area contributed by atoms with Crippen molar-refractivity contribution in [3.8, 4) is 0 Å². The zero-order valence-electron chi connectivity index (χ0n) is 7.99. The summed E-state index contributed by atoms with van der Waals surface area (Å²) in [5.74, 6) is -1.17. The lowest BCUT2D eigenvalue weighted by Crippen LogP contribution is -2.31. The van der Waals surface area contributed by atoms with Crippen molar-refractivity contribution in [2.24, 2.45) is 0 Å². The number of rotatable bonds is 5. The van der Waals surface area contributed by atoms with Gasteiger partial charge < -0.3 is 15.2 Å². The number of ether oxygens (including phenoxy) is 1. The molecule has 5 heteroatoms. The molecule has 14 heavy (non-hydrogen) atoms. The molecule has 0 aromatic heterocycles. The Morgan fingerprint density at radius 3 is 2.79 bits per heavy atom. The fourth-order valence-electron chi connectivity index (χ4n) is 1.34. The molecule has 0 radical (unpaired) electrons. The zero-order chi connectivity index (χ0) is 10.4. The standard InChI is InChI=1S/C9H15NO4/c11-8(3-4-9(12)13)10-6-7-2-1-5-14-7/h7H,1-6H2,(H,10,11)(H,12,13)/t7-/m1/s1. The van der Waals surface area contributed by atoms with Gasteiger partial charge in [0.2, 0.25) is 5.91 Å². The molecule has 1 rings (SSSR count). The van der Waals surface area contributed by atoms with Crippen LogP contribution in [0.5, 0.6) is 0 Å². The number of carbonyl (C=O) groups is 2. The first-order valence-electron chi connectivity index (χ1n) is 4.78. The fraction of sp³-hybridized carbons (Fsp3) is 0.778. The van der Waals surface area contributed by atoms with E-state index in [-0.39, 0.29) is 24.9 Å². The lowest BCUT2D eigenvalue weighted by atomic mass is 10.2. The predicted molar refractivity (Wildman–Crippen MR) is 48.9 cm³/mol. The van der Waals surface area contributed by atoms with Gasteiger partial charge in [-0.05, 0) is 12.8 Å². The highest BCUT2D eigenvalue weighted by atomic mass is 16.5. The Labute approximate surface area is 82.4 Å². The van der Waals surface area contributed by atoms with E-state index in [1.807, 2.05) is 0 Å². The summed E-state index contributed by atoms with van der Waals surface area (Å²) in [6.07, 6.45) is 2.05. The summed E-state index contributed by atoms with van der Waals surface area (Å²) in [4.78, 5) is 21.2. The van der Waals surface area contributed by atoms with E-state index in [1.165, 1.54) is 0 Å². The highest BCUT2D eigenvalue weighted by Crippen LogP contribution is 2.10. The Hall–Kier alpha value is -1.10. The summed E-state index contributed by atoms with van der Waals surface area (Å²) < 4.78 is 5.30. The van der Waals surface area contributed by atoms with Gasteiger partial charge in [-0.2, -0.15) is 0 Å². The van der Waals surface area contributed by atoms with Crippen molar-refractivity contribution >= 4 is 11.9 Å². The molecule has 0 aromatic rings. The number of hydrogen-bond donors (Lipinski definition) is 2. The van der Waals surface area contributed by atoms with E-state index in [0.29, 0.717) is 6.54 Å². The third kappa shape index (κ3) is 4.23. The maximum atomic E-state index is 11.1. The Balaban J connectivity index is 2.05. The van der Waals surface area contributed by atoms with Crippen molar-refractivity contribution in [2.75, 3.05) is 13.2 Å². The molecule has 2 N–H and O–H groups in total. The third-order valence-corrected chi connectivity index (χ3v) is 2.12. The first-order chi connectivity index (χ1) is 6.68. The molecule has 0 spiro atoms. The molecule has 0 bridgehead atoms. The van der Waals surface area contributed by atoms with Crippen molar-refractivity contribution in [1.82, 2.24) is 5.32 Å². The maximum absolute atomic E-state index is 11.1. The molecule has 0 aromatic carbocycles. The summed E-state index contributed by atoms with van der Waals surface area (Å²) in [6, 6.07) is 0. The Bertz CT molecular complexity index is 211. The largest absolute Gasteiger partial charge is 0.481 e. The van der Waals surface area contributed by atoms with Crippen molar-refractivity contribution in [3.05, 3.63) is 0 Å². The van der Waals surface area contributed by atoms with E-state index in [9.17, 15) is 9.59 Å². The zero-order valence-corrected chi connectivity index (χ0v) is 7.99. The molecule has 0 saturated carbocycles. The molecule has 0 unspecified atom stereocenters. The van der Waals surface area contributed by atoms with Crippen LogP contribution in [-0.4, -0.2) is 36.2 Å². The summed E-state index contributed by atoms with van der Waals surface area (Å²) in [5, 5.41) is 11.0. The minimum Gasteiger partial charge on any atom is -0.481 e. The van der Waals surface area contributed by atoms with E-state index < -0.39 is 5.97 Å². The maximum Gasteiger partial charge on any atom is 0.303 e. The molecule has 1 fully saturated rings. The Kier molecular flexibility index (Phi) is 4.39. The van der Waals surface area contributed by atoms with Gasteiger partial charge in [-0.25, -0.2) is 0 Å². The second kappa shape index (κ2) is 5.59. The van der Waals surface area contributed by atoms with Gasteiger partial charge >= 0.3 is 5.97 Å². The molecule has 1 amide bonds. The van der Waals surface area contributed by atoms with Crippen LogP contribution in [0.2, 0.25) is 0 Å². The van der Waals surface area contributed by atoms with Crippen LogP contribution in [0.4, 0.5) is 0 Å². The number of carboxylic acid groups (broad SMARTS) is 1. The van der Waals surface area contributed by atoms with Gasteiger partial charge in [-0.1, -0.05) is 0 Å². The van der Waals surface area contributed by atoms with Crippen LogP contribution < -0.4 is 5.32 Å². The molecule has 5 nitrogen and oxygen atoms in total. The first kappa shape index (κ1) is 11.0. The third-order valence-electron chi connectivity index (χ3n) is 2.12. The molecule has 1 aliphatic rings. The van der Waals surface area contributed by atoms with Gasteiger partial charge in [0.25, 0.3) is 0 Å². The van der Waals surface area contributed by atoms with Gasteiger partial charge in [-0.3, -0.25) is 9.59 Å². The van der Waals surface area contributed by atoms with Crippen LogP contribution in [0.25, 0.3) is 0 Å². The molecule has 1 heterocycles. The van der Waals surface area contributed by atoms with Crippen LogP contribution in [0, 0.1) is 0 Å². The Morgan fingerprint density at radius 2 is 2.21 bits per heavy atom. The van der Waals surface area contributed by atoms with Crippen LogP contribution in [0.15, 0.2) is 0 Å². The average Bonchev–Trinajstić information content (AvgIpc) is 2.63. The van der Waals surface area contributed by atoms with Crippen molar-refractivity contribution in [3.63, 3.8) is 0 Å². The van der Waals surface area contributed by atoms with Crippen LogP contribution in [0.1, 0.15) is 25.7 Å². The second-order valence-corrected chi connectivity index (χ2v) is 3.33. The fourth-order valence-corrected chi connectivity index (χ4v) is 1.34. The van der Waals surface area contributed by atoms with Gasteiger partial charge in [0.15, 0.2) is 0 Å². The van der Waals surface area contributed by atoms with Crippen molar-refractivity contribution < 1.29 is 19.4 Å². The number of carbonyl (C=O) groups excluding carboxylic acids is 1. The number of carboxylic acids is 1. The molecular weight excluding hydrogens is 186 g/mol. The molecule has 1 saturated heterocycles. The van der Waals surface area contributed by atoms with E-state index in [0.717, 1.165) is 19.4 Å². The van der Waals surface area contributed by atoms with Crippen molar-refractivity contribution in [2.45, 2.75) is 31.8 Å². The number of aliphatic carboxylic acids is 1. The van der Waals surface area contributed by atoms with Gasteiger partial charge in [-0.15, -0.1) is 0 Å². The normalized spacial score (nSPS) is 20.7. The summed E-state index contributed by atoms with van der Waals surface area (Å²) in [6.45, 7) is 1.26. The van der Waals surface area contributed by atoms with Gasteiger partial charge in [0, 0.05) is 19.6 Å². The molecule has 0 aliphatic carbocycles. The lowest BCUT2D eigenvalue weighted by Gasteiger charge is -2.09. The number of hydrogen-bond acceptors (Lipinski definition) is 3. The minimum atomic E-state index is -0.947. The number of nitrogens with one attached hydrogen (secondary N) is 1. The molecular formula is C9H15NO4. The van der Waals surface area contributed by atoms with Crippen LogP contribution in [0.3, 0.4) is 0 Å². The molecule has 1 atom stereocenters. The van der Waals surface area contributed by atoms with Crippen molar-refractivity contribution in [1.29, 1.82) is 0 Å². The first-order valence-corrected chi connectivity index (χ1v) is 4.78. The smallest absolute Gasteiger partial charge is 0.303 e. The van der Waals surface area contributed by atoms with E-state index in [2.05, 4.69) is 5.32 Å². The topological polar surface area (TPSA) is 75.6 Å². The van der Waals surface area contributed by atoms with Gasteiger partial charge in [0.1, 0.15) is 0 Å². The molecule has 80 valence electrons. The summed E-state index contributed by atoms with van der Waals surface area (Å²) in [7, 11) is 0. The molecule has 1 aliphatic heterocycles. The highest BCUT2D eigenvalue weighted by Gasteiger charge is 2.16. The summed E-state index contributed by atoms with van der Waals surface area (Å²) in [5.41, 5.74) is 0. The quantitative estimate of drug-likeness (QED) is 0.663.